The minimum absolute atomic E-state index is 0. The standard InChI is InChI=1S/C14H17FN4O.2ClH/c1-8-6-16-3-2-11(8)19-14(20)10-4-9(15)5-12-13(10)18-7-17-12;;/h4-5,7-8,11,16H,2-3,6H2,1H3,(H,17,18)(H,19,20);2*1H. The molecule has 1 aliphatic rings. The highest BCUT2D eigenvalue weighted by atomic mass is 35.5. The quantitative estimate of drug-likeness (QED) is 0.779. The Morgan fingerprint density at radius 3 is 2.91 bits per heavy atom. The summed E-state index contributed by atoms with van der Waals surface area (Å²) in [6.45, 7) is 3.86. The summed E-state index contributed by atoms with van der Waals surface area (Å²) in [5.41, 5.74) is 1.32. The molecule has 1 saturated heterocycles. The first-order chi connectivity index (χ1) is 9.65. The molecule has 2 atom stereocenters. The van der Waals surface area contributed by atoms with Gasteiger partial charge in [0.1, 0.15) is 11.3 Å². The lowest BCUT2D eigenvalue weighted by molar-refractivity contribution is 0.0915. The molecule has 3 N–H and O–H groups in total. The van der Waals surface area contributed by atoms with Crippen molar-refractivity contribution in [3.8, 4) is 0 Å². The molecule has 3 rings (SSSR count). The van der Waals surface area contributed by atoms with Crippen molar-refractivity contribution in [2.75, 3.05) is 13.1 Å². The number of aromatic amines is 1. The van der Waals surface area contributed by atoms with E-state index in [0.717, 1.165) is 19.5 Å². The molecule has 1 fully saturated rings. The Bertz CT molecular complexity index is 649. The summed E-state index contributed by atoms with van der Waals surface area (Å²) in [4.78, 5) is 19.3. The first kappa shape index (κ1) is 18.7. The monoisotopic (exact) mass is 348 g/mol. The molecule has 1 aromatic carbocycles. The zero-order valence-electron chi connectivity index (χ0n) is 12.1. The molecule has 1 amide bonds. The highest BCUT2D eigenvalue weighted by Crippen LogP contribution is 2.18. The molecule has 2 heterocycles. The summed E-state index contributed by atoms with van der Waals surface area (Å²) in [6, 6.07) is 2.69. The van der Waals surface area contributed by atoms with Crippen molar-refractivity contribution in [3.63, 3.8) is 0 Å². The Hall–Kier alpha value is -1.37. The van der Waals surface area contributed by atoms with Gasteiger partial charge >= 0.3 is 0 Å². The van der Waals surface area contributed by atoms with E-state index in [1.54, 1.807) is 0 Å². The lowest BCUT2D eigenvalue weighted by atomic mass is 9.95. The van der Waals surface area contributed by atoms with E-state index in [0.29, 0.717) is 17.0 Å². The van der Waals surface area contributed by atoms with Crippen LogP contribution in [-0.2, 0) is 0 Å². The van der Waals surface area contributed by atoms with Crippen LogP contribution in [0.5, 0.6) is 0 Å². The second kappa shape index (κ2) is 7.76. The van der Waals surface area contributed by atoms with Gasteiger partial charge in [-0.3, -0.25) is 4.79 Å². The molecule has 2 aromatic rings. The predicted molar refractivity (Wildman–Crippen MR) is 88.5 cm³/mol. The molecule has 0 aliphatic carbocycles. The normalized spacial score (nSPS) is 20.8. The molecule has 1 aromatic heterocycles. The van der Waals surface area contributed by atoms with Crippen LogP contribution in [0, 0.1) is 11.7 Å². The Morgan fingerprint density at radius 1 is 1.41 bits per heavy atom. The first-order valence-corrected chi connectivity index (χ1v) is 6.79. The van der Waals surface area contributed by atoms with Crippen LogP contribution < -0.4 is 10.6 Å². The summed E-state index contributed by atoms with van der Waals surface area (Å²) >= 11 is 0. The number of piperidine rings is 1. The van der Waals surface area contributed by atoms with Crippen LogP contribution in [0.1, 0.15) is 23.7 Å². The van der Waals surface area contributed by atoms with E-state index in [1.807, 2.05) is 0 Å². The summed E-state index contributed by atoms with van der Waals surface area (Å²) in [6.07, 6.45) is 2.35. The van der Waals surface area contributed by atoms with Gasteiger partial charge in [-0.1, -0.05) is 6.92 Å². The number of nitrogens with zero attached hydrogens (tertiary/aromatic N) is 1. The Morgan fingerprint density at radius 2 is 2.18 bits per heavy atom. The number of rotatable bonds is 2. The molecule has 122 valence electrons. The van der Waals surface area contributed by atoms with Crippen molar-refractivity contribution in [2.45, 2.75) is 19.4 Å². The van der Waals surface area contributed by atoms with Crippen LogP contribution in [0.4, 0.5) is 4.39 Å². The Kier molecular flexibility index (Phi) is 6.59. The zero-order valence-corrected chi connectivity index (χ0v) is 13.7. The third-order valence-corrected chi connectivity index (χ3v) is 3.83. The van der Waals surface area contributed by atoms with E-state index >= 15 is 0 Å². The zero-order chi connectivity index (χ0) is 14.1. The fraction of sp³-hybridized carbons (Fsp3) is 0.429. The van der Waals surface area contributed by atoms with Gasteiger partial charge in [0.25, 0.3) is 5.91 Å². The number of fused-ring (bicyclic) bond motifs is 1. The van der Waals surface area contributed by atoms with E-state index in [2.05, 4.69) is 27.5 Å². The van der Waals surface area contributed by atoms with E-state index in [1.165, 1.54) is 18.5 Å². The van der Waals surface area contributed by atoms with E-state index in [-0.39, 0.29) is 42.3 Å². The smallest absolute Gasteiger partial charge is 0.253 e. The SMILES string of the molecule is CC1CNCCC1NC(=O)c1cc(F)cc2[nH]cnc12.Cl.Cl. The van der Waals surface area contributed by atoms with Crippen LogP contribution in [0.3, 0.4) is 0 Å². The third-order valence-electron chi connectivity index (χ3n) is 3.83. The van der Waals surface area contributed by atoms with Crippen LogP contribution >= 0.6 is 24.8 Å². The Labute approximate surface area is 140 Å². The summed E-state index contributed by atoms with van der Waals surface area (Å²) in [5, 5.41) is 6.28. The number of nitrogens with one attached hydrogen (secondary N) is 3. The van der Waals surface area contributed by atoms with Crippen LogP contribution in [-0.4, -0.2) is 35.0 Å². The van der Waals surface area contributed by atoms with Crippen molar-refractivity contribution < 1.29 is 9.18 Å². The van der Waals surface area contributed by atoms with Crippen molar-refractivity contribution >= 4 is 41.8 Å². The molecular weight excluding hydrogens is 330 g/mol. The topological polar surface area (TPSA) is 69.8 Å². The van der Waals surface area contributed by atoms with Crippen LogP contribution in [0.25, 0.3) is 11.0 Å². The lowest BCUT2D eigenvalue weighted by Crippen LogP contribution is -2.48. The van der Waals surface area contributed by atoms with Crippen molar-refractivity contribution in [1.82, 2.24) is 20.6 Å². The number of aromatic nitrogens is 2. The number of benzene rings is 1. The molecule has 0 bridgehead atoms. The molecule has 22 heavy (non-hydrogen) atoms. The van der Waals surface area contributed by atoms with Gasteiger partial charge in [-0.25, -0.2) is 9.37 Å². The maximum absolute atomic E-state index is 13.6. The van der Waals surface area contributed by atoms with Gasteiger partial charge in [0, 0.05) is 6.04 Å². The van der Waals surface area contributed by atoms with Crippen molar-refractivity contribution in [1.29, 1.82) is 0 Å². The maximum Gasteiger partial charge on any atom is 0.253 e. The molecule has 5 nitrogen and oxygen atoms in total. The van der Waals surface area contributed by atoms with Gasteiger partial charge in [0.2, 0.25) is 0 Å². The molecule has 8 heteroatoms. The highest BCUT2D eigenvalue weighted by molar-refractivity contribution is 6.04. The molecular formula is C14H19Cl2FN4O. The first-order valence-electron chi connectivity index (χ1n) is 6.79. The van der Waals surface area contributed by atoms with Gasteiger partial charge in [-0.15, -0.1) is 24.8 Å². The number of halogens is 3. The fourth-order valence-electron chi connectivity index (χ4n) is 2.66. The molecule has 0 radical (unpaired) electrons. The largest absolute Gasteiger partial charge is 0.349 e. The predicted octanol–water partition coefficient (Wildman–Crippen LogP) is 2.27. The van der Waals surface area contributed by atoms with Crippen molar-refractivity contribution in [2.24, 2.45) is 5.92 Å². The highest BCUT2D eigenvalue weighted by Gasteiger charge is 2.24. The molecule has 0 spiro atoms. The average molecular weight is 349 g/mol. The summed E-state index contributed by atoms with van der Waals surface area (Å²) < 4.78 is 13.6. The van der Waals surface area contributed by atoms with E-state index in [9.17, 15) is 9.18 Å². The maximum atomic E-state index is 13.6. The number of hydrogen-bond donors (Lipinski definition) is 3. The van der Waals surface area contributed by atoms with Gasteiger partial charge in [-0.2, -0.15) is 0 Å². The van der Waals surface area contributed by atoms with Gasteiger partial charge < -0.3 is 15.6 Å². The number of hydrogen-bond acceptors (Lipinski definition) is 3. The van der Waals surface area contributed by atoms with Crippen LogP contribution in [0.2, 0.25) is 0 Å². The third kappa shape index (κ3) is 3.69. The van der Waals surface area contributed by atoms with Gasteiger partial charge in [0.15, 0.2) is 0 Å². The second-order valence-electron chi connectivity index (χ2n) is 5.30. The Balaban J connectivity index is 0.00000121. The minimum Gasteiger partial charge on any atom is -0.349 e. The van der Waals surface area contributed by atoms with Gasteiger partial charge in [0.05, 0.1) is 17.4 Å². The molecule has 1 aliphatic heterocycles. The van der Waals surface area contributed by atoms with Gasteiger partial charge in [-0.05, 0) is 37.6 Å². The lowest BCUT2D eigenvalue weighted by Gasteiger charge is -2.30. The molecule has 0 saturated carbocycles. The van der Waals surface area contributed by atoms with E-state index in [4.69, 9.17) is 0 Å². The number of carbonyl (C=O) groups is 1. The average Bonchev–Trinajstić information content (AvgIpc) is 2.88. The second-order valence-corrected chi connectivity index (χ2v) is 5.30. The molecule has 2 unspecified atom stereocenters. The number of H-pyrrole nitrogens is 1. The number of carbonyl (C=O) groups excluding carboxylic acids is 1. The summed E-state index contributed by atoms with van der Waals surface area (Å²) in [5.74, 6) is -0.346. The fourth-order valence-corrected chi connectivity index (χ4v) is 2.66. The van der Waals surface area contributed by atoms with Crippen LogP contribution in [0.15, 0.2) is 18.5 Å². The number of amides is 1. The summed E-state index contributed by atoms with van der Waals surface area (Å²) in [7, 11) is 0. The van der Waals surface area contributed by atoms with E-state index < -0.39 is 5.82 Å². The number of imidazole rings is 1. The van der Waals surface area contributed by atoms with Crippen molar-refractivity contribution in [3.05, 3.63) is 29.8 Å². The minimum atomic E-state index is -0.440.